The van der Waals surface area contributed by atoms with Crippen molar-refractivity contribution in [3.05, 3.63) is 15.6 Å². The molecule has 2 rings (SSSR count). The number of hydrogen-bond acceptors (Lipinski definition) is 4. The van der Waals surface area contributed by atoms with Gasteiger partial charge in [-0.25, -0.2) is 4.98 Å². The highest BCUT2D eigenvalue weighted by Gasteiger charge is 2.38. The molecule has 1 aromatic heterocycles. The Bertz CT molecular complexity index is 464. The number of aryl methyl sites for hydroxylation is 1. The summed E-state index contributed by atoms with van der Waals surface area (Å²) in [4.78, 5) is 6.04. The van der Waals surface area contributed by atoms with Crippen LogP contribution >= 0.6 is 23.7 Å². The number of aromatic nitrogens is 1. The summed E-state index contributed by atoms with van der Waals surface area (Å²) >= 11 is 1.14. The van der Waals surface area contributed by atoms with Crippen LogP contribution in [0.5, 0.6) is 0 Å². The molecule has 0 radical (unpaired) electrons. The van der Waals surface area contributed by atoms with Gasteiger partial charge in [0, 0.05) is 19.1 Å². The highest BCUT2D eigenvalue weighted by Crippen LogP contribution is 2.36. The fraction of sp³-hybridized carbons (Fsp3) is 0.769. The molecule has 0 aromatic carbocycles. The van der Waals surface area contributed by atoms with Gasteiger partial charge >= 0.3 is 6.18 Å². The van der Waals surface area contributed by atoms with Gasteiger partial charge in [-0.15, -0.1) is 23.7 Å². The Labute approximate surface area is 133 Å². The Morgan fingerprint density at radius 2 is 2.10 bits per heavy atom. The van der Waals surface area contributed by atoms with Crippen LogP contribution in [-0.4, -0.2) is 29.0 Å². The zero-order chi connectivity index (χ0) is 14.9. The third-order valence-corrected chi connectivity index (χ3v) is 4.85. The van der Waals surface area contributed by atoms with Gasteiger partial charge in [0.15, 0.2) is 5.69 Å². The van der Waals surface area contributed by atoms with E-state index in [4.69, 9.17) is 5.73 Å². The van der Waals surface area contributed by atoms with E-state index in [1.54, 1.807) is 6.92 Å². The lowest BCUT2D eigenvalue weighted by atomic mass is 9.91. The van der Waals surface area contributed by atoms with E-state index >= 15 is 0 Å². The molecule has 0 spiro atoms. The molecular formula is C13H21ClF3N3S. The first-order valence-corrected chi connectivity index (χ1v) is 7.62. The fourth-order valence-electron chi connectivity index (χ4n) is 2.89. The molecule has 1 saturated heterocycles. The average Bonchev–Trinajstić information content (AvgIpc) is 2.70. The molecule has 0 amide bonds. The number of piperidine rings is 1. The summed E-state index contributed by atoms with van der Waals surface area (Å²) in [5.41, 5.74) is 5.06. The van der Waals surface area contributed by atoms with Crippen LogP contribution in [0.1, 0.15) is 35.3 Å². The first-order valence-electron chi connectivity index (χ1n) is 6.80. The van der Waals surface area contributed by atoms with Crippen LogP contribution in [0, 0.1) is 12.8 Å². The number of thiazole rings is 1. The van der Waals surface area contributed by atoms with Gasteiger partial charge in [-0.3, -0.25) is 4.90 Å². The number of nitrogens with two attached hydrogens (primary N) is 1. The molecule has 1 fully saturated rings. The van der Waals surface area contributed by atoms with Crippen LogP contribution < -0.4 is 5.73 Å². The quantitative estimate of drug-likeness (QED) is 0.914. The van der Waals surface area contributed by atoms with Crippen LogP contribution in [-0.2, 0) is 12.7 Å². The number of halogens is 4. The molecule has 21 heavy (non-hydrogen) atoms. The van der Waals surface area contributed by atoms with Crippen molar-refractivity contribution in [3.8, 4) is 0 Å². The molecule has 2 unspecified atom stereocenters. The van der Waals surface area contributed by atoms with Gasteiger partial charge in [-0.05, 0) is 32.2 Å². The number of rotatable bonds is 3. The summed E-state index contributed by atoms with van der Waals surface area (Å²) in [5.74, 6) is 0.428. The van der Waals surface area contributed by atoms with Gasteiger partial charge in [0.1, 0.15) is 0 Å². The summed E-state index contributed by atoms with van der Waals surface area (Å²) in [5, 5.41) is 0.460. The third kappa shape index (κ3) is 4.31. The van der Waals surface area contributed by atoms with Gasteiger partial charge in [0.25, 0.3) is 0 Å². The predicted octanol–water partition coefficient (Wildman–Crippen LogP) is 3.45. The Balaban J connectivity index is 0.00000220. The van der Waals surface area contributed by atoms with Gasteiger partial charge in [-0.2, -0.15) is 13.2 Å². The molecule has 1 aromatic rings. The highest BCUT2D eigenvalue weighted by atomic mass is 35.5. The lowest BCUT2D eigenvalue weighted by Gasteiger charge is -2.39. The zero-order valence-electron chi connectivity index (χ0n) is 12.1. The SMILES string of the molecule is Cc1nc(C(F)(F)F)c(CN2CCCC(C)C2CN)s1.Cl. The van der Waals surface area contributed by atoms with Gasteiger partial charge < -0.3 is 5.73 Å². The van der Waals surface area contributed by atoms with Crippen LogP contribution in [0.3, 0.4) is 0 Å². The van der Waals surface area contributed by atoms with E-state index in [1.165, 1.54) is 0 Å². The lowest BCUT2D eigenvalue weighted by Crippen LogP contribution is -2.48. The van der Waals surface area contributed by atoms with E-state index < -0.39 is 11.9 Å². The molecule has 2 heterocycles. The van der Waals surface area contributed by atoms with E-state index in [2.05, 4.69) is 16.8 Å². The maximum atomic E-state index is 13.0. The molecule has 0 bridgehead atoms. The molecule has 1 aliphatic rings. The fourth-order valence-corrected chi connectivity index (χ4v) is 3.88. The van der Waals surface area contributed by atoms with Crippen molar-refractivity contribution in [1.29, 1.82) is 0 Å². The van der Waals surface area contributed by atoms with Crippen molar-refractivity contribution in [3.63, 3.8) is 0 Å². The largest absolute Gasteiger partial charge is 0.434 e. The Morgan fingerprint density at radius 3 is 2.67 bits per heavy atom. The van der Waals surface area contributed by atoms with E-state index in [0.29, 0.717) is 28.9 Å². The first-order chi connectivity index (χ1) is 9.32. The van der Waals surface area contributed by atoms with Crippen molar-refractivity contribution >= 4 is 23.7 Å². The second-order valence-corrected chi connectivity index (χ2v) is 6.68. The van der Waals surface area contributed by atoms with Crippen LogP contribution in [0.4, 0.5) is 13.2 Å². The number of nitrogens with zero attached hydrogens (tertiary/aromatic N) is 2. The van der Waals surface area contributed by atoms with E-state index in [-0.39, 0.29) is 18.4 Å². The zero-order valence-corrected chi connectivity index (χ0v) is 13.7. The molecule has 2 atom stereocenters. The first kappa shape index (κ1) is 18.7. The monoisotopic (exact) mass is 343 g/mol. The van der Waals surface area contributed by atoms with E-state index in [1.807, 2.05) is 0 Å². The smallest absolute Gasteiger partial charge is 0.329 e. The van der Waals surface area contributed by atoms with Crippen molar-refractivity contribution in [2.24, 2.45) is 11.7 Å². The molecule has 0 aliphatic carbocycles. The van der Waals surface area contributed by atoms with Gasteiger partial charge in [0.05, 0.1) is 9.88 Å². The minimum absolute atomic E-state index is 0. The minimum Gasteiger partial charge on any atom is -0.329 e. The predicted molar refractivity (Wildman–Crippen MR) is 80.8 cm³/mol. The summed E-state index contributed by atoms with van der Waals surface area (Å²) in [6.07, 6.45) is -2.28. The Kier molecular flexibility index (Phi) is 6.46. The van der Waals surface area contributed by atoms with Crippen molar-refractivity contribution < 1.29 is 13.2 Å². The van der Waals surface area contributed by atoms with Crippen LogP contribution in [0.15, 0.2) is 0 Å². The molecule has 2 N–H and O–H groups in total. The summed E-state index contributed by atoms with van der Waals surface area (Å²) in [7, 11) is 0. The molecular weight excluding hydrogens is 323 g/mol. The summed E-state index contributed by atoms with van der Waals surface area (Å²) < 4.78 is 38.9. The molecule has 8 heteroatoms. The lowest BCUT2D eigenvalue weighted by molar-refractivity contribution is -0.141. The average molecular weight is 344 g/mol. The van der Waals surface area contributed by atoms with Crippen LogP contribution in [0.25, 0.3) is 0 Å². The summed E-state index contributed by atoms with van der Waals surface area (Å²) in [6.45, 7) is 5.32. The standard InChI is InChI=1S/C13H20F3N3S.ClH/c1-8-4-3-5-19(10(8)6-17)7-11-12(13(14,15)16)18-9(2)20-11;/h8,10H,3-7,17H2,1-2H3;1H. The second-order valence-electron chi connectivity index (χ2n) is 5.40. The normalized spacial score (nSPS) is 23.9. The van der Waals surface area contributed by atoms with Crippen LogP contribution in [0.2, 0.25) is 0 Å². The van der Waals surface area contributed by atoms with Gasteiger partial charge in [0.2, 0.25) is 0 Å². The summed E-state index contributed by atoms with van der Waals surface area (Å²) in [6, 6.07) is 0.159. The molecule has 1 aliphatic heterocycles. The Morgan fingerprint density at radius 1 is 1.43 bits per heavy atom. The third-order valence-electron chi connectivity index (χ3n) is 3.89. The second kappa shape index (κ2) is 7.26. The van der Waals surface area contributed by atoms with Crippen molar-refractivity contribution in [2.45, 2.75) is 45.5 Å². The number of alkyl halides is 3. The minimum atomic E-state index is -4.38. The van der Waals surface area contributed by atoms with E-state index in [0.717, 1.165) is 30.7 Å². The number of likely N-dealkylation sites (tertiary alicyclic amines) is 1. The highest BCUT2D eigenvalue weighted by molar-refractivity contribution is 7.11. The van der Waals surface area contributed by atoms with Gasteiger partial charge in [-0.1, -0.05) is 6.92 Å². The van der Waals surface area contributed by atoms with Crippen molar-refractivity contribution in [2.75, 3.05) is 13.1 Å². The molecule has 0 saturated carbocycles. The van der Waals surface area contributed by atoms with E-state index in [9.17, 15) is 13.2 Å². The Hall–Kier alpha value is -0.370. The maximum Gasteiger partial charge on any atom is 0.434 e. The molecule has 122 valence electrons. The topological polar surface area (TPSA) is 42.2 Å². The maximum absolute atomic E-state index is 13.0. The van der Waals surface area contributed by atoms with Crippen molar-refractivity contribution in [1.82, 2.24) is 9.88 Å². The number of hydrogen-bond donors (Lipinski definition) is 1. The molecule has 3 nitrogen and oxygen atoms in total.